The molecule has 4 rings (SSSR count). The number of morpholine rings is 1. The molecule has 2 amide bonds. The number of ether oxygens (including phenoxy) is 1. The number of hydrogen-bond acceptors (Lipinski definition) is 5. The lowest BCUT2D eigenvalue weighted by atomic mass is 9.85. The lowest BCUT2D eigenvalue weighted by Gasteiger charge is -2.38. The van der Waals surface area contributed by atoms with Gasteiger partial charge in [0.05, 0.1) is 42.7 Å². The molecular formula is C20H30N4O4. The zero-order valence-electron chi connectivity index (χ0n) is 16.3. The Morgan fingerprint density at radius 2 is 1.82 bits per heavy atom. The van der Waals surface area contributed by atoms with Gasteiger partial charge in [-0.3, -0.25) is 14.7 Å². The van der Waals surface area contributed by atoms with Gasteiger partial charge in [0.2, 0.25) is 5.91 Å². The molecule has 3 heterocycles. The molecule has 1 aromatic rings. The number of likely N-dealkylation sites (tertiary alicyclic amines) is 1. The van der Waals surface area contributed by atoms with Crippen molar-refractivity contribution in [2.45, 2.75) is 50.5 Å². The number of aliphatic hydroxyl groups is 1. The molecule has 1 saturated carbocycles. The summed E-state index contributed by atoms with van der Waals surface area (Å²) in [6.45, 7) is 2.86. The molecule has 8 heteroatoms. The van der Waals surface area contributed by atoms with E-state index in [9.17, 15) is 14.7 Å². The Hall–Kier alpha value is -1.93. The molecular weight excluding hydrogens is 360 g/mol. The number of aromatic amines is 1. The first-order valence-corrected chi connectivity index (χ1v) is 10.5. The van der Waals surface area contributed by atoms with Crippen molar-refractivity contribution in [2.24, 2.45) is 5.92 Å². The molecule has 1 aromatic heterocycles. The minimum atomic E-state index is -0.707. The summed E-state index contributed by atoms with van der Waals surface area (Å²) in [6.07, 6.45) is 7.12. The number of piperidine rings is 1. The minimum absolute atomic E-state index is 0.0759. The summed E-state index contributed by atoms with van der Waals surface area (Å²) >= 11 is 0. The molecule has 3 fully saturated rings. The molecule has 2 N–H and O–H groups in total. The largest absolute Gasteiger partial charge is 0.392 e. The number of aliphatic hydroxyl groups excluding tert-OH is 1. The second-order valence-electron chi connectivity index (χ2n) is 8.18. The third kappa shape index (κ3) is 3.93. The molecule has 2 atom stereocenters. The Morgan fingerprint density at radius 3 is 2.57 bits per heavy atom. The lowest BCUT2D eigenvalue weighted by molar-refractivity contribution is -0.145. The fourth-order valence-corrected chi connectivity index (χ4v) is 4.72. The Bertz CT molecular complexity index is 694. The molecule has 0 spiro atoms. The Balaban J connectivity index is 1.46. The summed E-state index contributed by atoms with van der Waals surface area (Å²) in [5, 5.41) is 17.6. The van der Waals surface area contributed by atoms with Crippen LogP contribution in [0.4, 0.5) is 0 Å². The molecule has 0 bridgehead atoms. The van der Waals surface area contributed by atoms with Gasteiger partial charge < -0.3 is 19.6 Å². The quantitative estimate of drug-likeness (QED) is 0.806. The van der Waals surface area contributed by atoms with Crippen molar-refractivity contribution in [3.8, 4) is 0 Å². The first-order chi connectivity index (χ1) is 13.6. The molecule has 8 nitrogen and oxygen atoms in total. The van der Waals surface area contributed by atoms with E-state index < -0.39 is 12.0 Å². The molecule has 0 radical (unpaired) electrons. The van der Waals surface area contributed by atoms with Crippen LogP contribution >= 0.6 is 0 Å². The van der Waals surface area contributed by atoms with Crippen LogP contribution in [0.1, 0.15) is 60.5 Å². The highest BCUT2D eigenvalue weighted by Gasteiger charge is 2.38. The smallest absolute Gasteiger partial charge is 0.257 e. The molecule has 2 saturated heterocycles. The van der Waals surface area contributed by atoms with E-state index in [1.807, 2.05) is 0 Å². The van der Waals surface area contributed by atoms with Gasteiger partial charge in [-0.05, 0) is 19.3 Å². The number of amides is 2. The minimum Gasteiger partial charge on any atom is -0.392 e. The summed E-state index contributed by atoms with van der Waals surface area (Å²) in [6, 6.07) is 0. The van der Waals surface area contributed by atoms with Gasteiger partial charge in [0.1, 0.15) is 0 Å². The molecule has 3 aliphatic rings. The van der Waals surface area contributed by atoms with E-state index >= 15 is 0 Å². The van der Waals surface area contributed by atoms with Crippen LogP contribution in [0.15, 0.2) is 6.20 Å². The second kappa shape index (κ2) is 8.61. The summed E-state index contributed by atoms with van der Waals surface area (Å²) < 4.78 is 5.31. The van der Waals surface area contributed by atoms with Crippen LogP contribution in [-0.4, -0.2) is 82.4 Å². The van der Waals surface area contributed by atoms with Gasteiger partial charge in [0, 0.05) is 32.1 Å². The van der Waals surface area contributed by atoms with Gasteiger partial charge in [-0.2, -0.15) is 5.10 Å². The van der Waals surface area contributed by atoms with Gasteiger partial charge >= 0.3 is 0 Å². The van der Waals surface area contributed by atoms with E-state index in [2.05, 4.69) is 10.2 Å². The molecule has 0 unspecified atom stereocenters. The van der Waals surface area contributed by atoms with E-state index in [-0.39, 0.29) is 18.4 Å². The van der Waals surface area contributed by atoms with Gasteiger partial charge in [0.25, 0.3) is 5.91 Å². The standard InChI is InChI=1S/C20H30N4O4/c25-17-6-7-24(13-16(17)20(27)23-8-10-28-11-9-23)19(26)15-12-21-22-18(15)14-4-2-1-3-5-14/h12,14,16-17,25H,1-11,13H2,(H,21,22)/t16-,17+/m0/s1. The molecule has 28 heavy (non-hydrogen) atoms. The normalized spacial score (nSPS) is 27.0. The number of nitrogens with one attached hydrogen (secondary N) is 1. The predicted octanol–water partition coefficient (Wildman–Crippen LogP) is 1.14. The highest BCUT2D eigenvalue weighted by molar-refractivity contribution is 5.95. The van der Waals surface area contributed by atoms with Gasteiger partial charge in [0.15, 0.2) is 0 Å². The third-order valence-corrected chi connectivity index (χ3v) is 6.42. The fraction of sp³-hybridized carbons (Fsp3) is 0.750. The zero-order valence-corrected chi connectivity index (χ0v) is 16.3. The summed E-state index contributed by atoms with van der Waals surface area (Å²) in [5.74, 6) is -0.369. The van der Waals surface area contributed by atoms with Crippen LogP contribution in [0, 0.1) is 5.92 Å². The van der Waals surface area contributed by atoms with E-state index in [0.717, 1.165) is 18.5 Å². The number of carbonyl (C=O) groups is 2. The Kier molecular flexibility index (Phi) is 5.96. The van der Waals surface area contributed by atoms with Crippen LogP contribution in [0.2, 0.25) is 0 Å². The monoisotopic (exact) mass is 390 g/mol. The molecule has 0 aromatic carbocycles. The van der Waals surface area contributed by atoms with Gasteiger partial charge in [-0.15, -0.1) is 0 Å². The van der Waals surface area contributed by atoms with Crippen LogP contribution in [0.25, 0.3) is 0 Å². The second-order valence-corrected chi connectivity index (χ2v) is 8.18. The first-order valence-electron chi connectivity index (χ1n) is 10.5. The van der Waals surface area contributed by atoms with Crippen molar-refractivity contribution < 1.29 is 19.4 Å². The summed E-state index contributed by atoms with van der Waals surface area (Å²) in [7, 11) is 0. The van der Waals surface area contributed by atoms with Crippen molar-refractivity contribution >= 4 is 11.8 Å². The number of carbonyl (C=O) groups excluding carboxylic acids is 2. The summed E-state index contributed by atoms with van der Waals surface area (Å²) in [4.78, 5) is 29.6. The van der Waals surface area contributed by atoms with E-state index in [0.29, 0.717) is 50.8 Å². The molecule has 154 valence electrons. The maximum atomic E-state index is 13.2. The van der Waals surface area contributed by atoms with Crippen LogP contribution < -0.4 is 0 Å². The zero-order chi connectivity index (χ0) is 19.5. The first kappa shape index (κ1) is 19.4. The van der Waals surface area contributed by atoms with E-state index in [1.54, 1.807) is 16.0 Å². The number of nitrogens with zero attached hydrogens (tertiary/aromatic N) is 3. The maximum Gasteiger partial charge on any atom is 0.257 e. The van der Waals surface area contributed by atoms with Crippen molar-refractivity contribution in [1.82, 2.24) is 20.0 Å². The Morgan fingerprint density at radius 1 is 1.07 bits per heavy atom. The number of hydrogen-bond donors (Lipinski definition) is 2. The van der Waals surface area contributed by atoms with Gasteiger partial charge in [-0.25, -0.2) is 0 Å². The van der Waals surface area contributed by atoms with Crippen molar-refractivity contribution in [1.29, 1.82) is 0 Å². The predicted molar refractivity (Wildman–Crippen MR) is 102 cm³/mol. The Labute approximate surface area is 165 Å². The number of rotatable bonds is 3. The highest BCUT2D eigenvalue weighted by Crippen LogP contribution is 2.34. The summed E-state index contributed by atoms with van der Waals surface area (Å²) in [5.41, 5.74) is 1.56. The average molecular weight is 390 g/mol. The van der Waals surface area contributed by atoms with E-state index in [4.69, 9.17) is 4.74 Å². The average Bonchev–Trinajstić information content (AvgIpc) is 3.24. The van der Waals surface area contributed by atoms with Crippen molar-refractivity contribution in [2.75, 3.05) is 39.4 Å². The maximum absolute atomic E-state index is 13.2. The highest BCUT2D eigenvalue weighted by atomic mass is 16.5. The van der Waals surface area contributed by atoms with Crippen molar-refractivity contribution in [3.05, 3.63) is 17.5 Å². The molecule has 2 aliphatic heterocycles. The van der Waals surface area contributed by atoms with Crippen molar-refractivity contribution in [3.63, 3.8) is 0 Å². The third-order valence-electron chi connectivity index (χ3n) is 6.42. The molecule has 1 aliphatic carbocycles. The van der Waals surface area contributed by atoms with Crippen LogP contribution in [0.5, 0.6) is 0 Å². The van der Waals surface area contributed by atoms with Crippen LogP contribution in [0.3, 0.4) is 0 Å². The SMILES string of the molecule is O=C(c1cn[nH]c1C1CCCCC1)N1CC[C@@H](O)[C@@H](C(=O)N2CCOCC2)C1. The number of aromatic nitrogens is 2. The van der Waals surface area contributed by atoms with Crippen LogP contribution in [-0.2, 0) is 9.53 Å². The van der Waals surface area contributed by atoms with Gasteiger partial charge in [-0.1, -0.05) is 19.3 Å². The lowest BCUT2D eigenvalue weighted by Crippen LogP contribution is -2.54. The van der Waals surface area contributed by atoms with E-state index in [1.165, 1.54) is 19.3 Å². The fourth-order valence-electron chi connectivity index (χ4n) is 4.72. The number of H-pyrrole nitrogens is 1. The topological polar surface area (TPSA) is 98.8 Å².